The lowest BCUT2D eigenvalue weighted by Gasteiger charge is -2.42. The lowest BCUT2D eigenvalue weighted by Crippen LogP contribution is -2.51. The standard InChI is InChI=1S/C20H30N4O2S/c1-15-21-18(14-27-15)20(26)23-11-6-17(7-12-23)24-10-4-5-16(13-24)19(25)22-8-2-3-9-22/h14,16-17H,2-13H2,1H3/t16-/m0/s1. The third kappa shape index (κ3) is 4.19. The number of hydrogen-bond acceptors (Lipinski definition) is 5. The van der Waals surface area contributed by atoms with E-state index in [1.807, 2.05) is 17.2 Å². The van der Waals surface area contributed by atoms with Crippen molar-refractivity contribution in [3.63, 3.8) is 0 Å². The first-order valence-electron chi connectivity index (χ1n) is 10.4. The summed E-state index contributed by atoms with van der Waals surface area (Å²) < 4.78 is 0. The van der Waals surface area contributed by atoms with E-state index in [2.05, 4.69) is 14.8 Å². The van der Waals surface area contributed by atoms with Gasteiger partial charge in [0.25, 0.3) is 5.91 Å². The molecule has 3 saturated heterocycles. The molecule has 27 heavy (non-hydrogen) atoms. The number of aromatic nitrogens is 1. The Kier molecular flexibility index (Phi) is 5.78. The fourth-order valence-corrected chi connectivity index (χ4v) is 5.38. The molecule has 0 radical (unpaired) electrons. The van der Waals surface area contributed by atoms with Crippen molar-refractivity contribution in [2.75, 3.05) is 39.3 Å². The maximum atomic E-state index is 12.8. The van der Waals surface area contributed by atoms with E-state index >= 15 is 0 Å². The summed E-state index contributed by atoms with van der Waals surface area (Å²) in [6, 6.07) is 0.500. The topological polar surface area (TPSA) is 56.8 Å². The third-order valence-corrected chi connectivity index (χ3v) is 7.10. The van der Waals surface area contributed by atoms with Gasteiger partial charge < -0.3 is 9.80 Å². The molecule has 3 fully saturated rings. The number of aryl methyl sites for hydroxylation is 1. The van der Waals surface area contributed by atoms with Gasteiger partial charge in [-0.3, -0.25) is 14.5 Å². The average Bonchev–Trinajstić information content (AvgIpc) is 3.39. The fourth-order valence-electron chi connectivity index (χ4n) is 4.79. The molecule has 2 amide bonds. The normalized spacial score (nSPS) is 25.1. The second kappa shape index (κ2) is 8.27. The highest BCUT2D eigenvalue weighted by molar-refractivity contribution is 7.09. The van der Waals surface area contributed by atoms with Gasteiger partial charge in [-0.2, -0.15) is 0 Å². The predicted octanol–water partition coefficient (Wildman–Crippen LogP) is 2.39. The highest BCUT2D eigenvalue weighted by atomic mass is 32.1. The highest BCUT2D eigenvalue weighted by Gasteiger charge is 2.35. The van der Waals surface area contributed by atoms with Crippen molar-refractivity contribution in [3.8, 4) is 0 Å². The van der Waals surface area contributed by atoms with E-state index in [1.165, 1.54) is 11.3 Å². The number of carbonyl (C=O) groups is 2. The van der Waals surface area contributed by atoms with E-state index < -0.39 is 0 Å². The van der Waals surface area contributed by atoms with Gasteiger partial charge in [0.2, 0.25) is 5.91 Å². The Hall–Kier alpha value is -1.47. The van der Waals surface area contributed by atoms with Gasteiger partial charge in [0, 0.05) is 44.1 Å². The maximum Gasteiger partial charge on any atom is 0.273 e. The molecule has 0 spiro atoms. The number of rotatable bonds is 3. The van der Waals surface area contributed by atoms with E-state index in [0.29, 0.717) is 17.6 Å². The van der Waals surface area contributed by atoms with Crippen molar-refractivity contribution < 1.29 is 9.59 Å². The molecule has 0 saturated carbocycles. The van der Waals surface area contributed by atoms with Crippen LogP contribution in [-0.4, -0.2) is 76.8 Å². The molecule has 1 aromatic rings. The summed E-state index contributed by atoms with van der Waals surface area (Å²) in [6.45, 7) is 7.41. The fraction of sp³-hybridized carbons (Fsp3) is 0.750. The van der Waals surface area contributed by atoms with Gasteiger partial charge in [-0.25, -0.2) is 4.98 Å². The first kappa shape index (κ1) is 18.9. The van der Waals surface area contributed by atoms with Crippen LogP contribution in [0.3, 0.4) is 0 Å². The number of piperidine rings is 2. The van der Waals surface area contributed by atoms with Gasteiger partial charge in [0.1, 0.15) is 5.69 Å². The quantitative estimate of drug-likeness (QED) is 0.795. The number of likely N-dealkylation sites (tertiary alicyclic amines) is 3. The molecule has 7 heteroatoms. The van der Waals surface area contributed by atoms with Crippen molar-refractivity contribution >= 4 is 23.2 Å². The van der Waals surface area contributed by atoms with E-state index in [0.717, 1.165) is 82.8 Å². The molecular formula is C20H30N4O2S. The molecule has 0 bridgehead atoms. The largest absolute Gasteiger partial charge is 0.342 e. The van der Waals surface area contributed by atoms with Gasteiger partial charge in [0.15, 0.2) is 0 Å². The zero-order valence-electron chi connectivity index (χ0n) is 16.2. The molecule has 3 aliphatic rings. The average molecular weight is 391 g/mol. The molecule has 0 N–H and O–H groups in total. The van der Waals surface area contributed by atoms with E-state index in [-0.39, 0.29) is 11.8 Å². The van der Waals surface area contributed by atoms with E-state index in [4.69, 9.17) is 0 Å². The lowest BCUT2D eigenvalue weighted by atomic mass is 9.93. The second-order valence-corrected chi connectivity index (χ2v) is 9.20. The van der Waals surface area contributed by atoms with Crippen LogP contribution in [0, 0.1) is 12.8 Å². The maximum absolute atomic E-state index is 12.8. The Balaban J connectivity index is 1.30. The van der Waals surface area contributed by atoms with Gasteiger partial charge in [-0.05, 0) is 52.0 Å². The number of nitrogens with zero attached hydrogens (tertiary/aromatic N) is 4. The first-order chi connectivity index (χ1) is 13.1. The molecule has 4 heterocycles. The molecule has 1 aromatic heterocycles. The van der Waals surface area contributed by atoms with Gasteiger partial charge in [-0.15, -0.1) is 11.3 Å². The van der Waals surface area contributed by atoms with Crippen LogP contribution in [0.5, 0.6) is 0 Å². The number of carbonyl (C=O) groups excluding carboxylic acids is 2. The SMILES string of the molecule is Cc1nc(C(=O)N2CCC(N3CCC[C@H](C(=O)N4CCCC4)C3)CC2)cs1. The number of thiazole rings is 1. The summed E-state index contributed by atoms with van der Waals surface area (Å²) in [7, 11) is 0. The van der Waals surface area contributed by atoms with E-state index in [1.54, 1.807) is 0 Å². The van der Waals surface area contributed by atoms with Crippen molar-refractivity contribution in [1.82, 2.24) is 19.7 Å². The molecule has 0 aliphatic carbocycles. The summed E-state index contributed by atoms with van der Waals surface area (Å²) in [5.41, 5.74) is 0.588. The van der Waals surface area contributed by atoms with Crippen molar-refractivity contribution in [2.24, 2.45) is 5.92 Å². The monoisotopic (exact) mass is 390 g/mol. The Morgan fingerprint density at radius 1 is 1.00 bits per heavy atom. The van der Waals surface area contributed by atoms with Gasteiger partial charge in [0.05, 0.1) is 10.9 Å². The molecular weight excluding hydrogens is 360 g/mol. The highest BCUT2D eigenvalue weighted by Crippen LogP contribution is 2.26. The van der Waals surface area contributed by atoms with Crippen LogP contribution in [0.4, 0.5) is 0 Å². The Morgan fingerprint density at radius 2 is 1.74 bits per heavy atom. The lowest BCUT2D eigenvalue weighted by molar-refractivity contribution is -0.136. The van der Waals surface area contributed by atoms with Crippen molar-refractivity contribution in [3.05, 3.63) is 16.1 Å². The van der Waals surface area contributed by atoms with Gasteiger partial charge >= 0.3 is 0 Å². The molecule has 4 rings (SSSR count). The smallest absolute Gasteiger partial charge is 0.273 e. The zero-order valence-corrected chi connectivity index (χ0v) is 17.0. The minimum absolute atomic E-state index is 0.0681. The molecule has 148 valence electrons. The zero-order chi connectivity index (χ0) is 18.8. The van der Waals surface area contributed by atoms with E-state index in [9.17, 15) is 9.59 Å². The number of hydrogen-bond donors (Lipinski definition) is 0. The minimum atomic E-state index is 0.0681. The van der Waals surface area contributed by atoms with Crippen molar-refractivity contribution in [2.45, 2.75) is 51.5 Å². The molecule has 1 atom stereocenters. The number of amides is 2. The summed E-state index contributed by atoms with van der Waals surface area (Å²) in [5.74, 6) is 0.622. The van der Waals surface area contributed by atoms with Crippen LogP contribution in [0.2, 0.25) is 0 Å². The summed E-state index contributed by atoms with van der Waals surface area (Å²) >= 11 is 1.53. The van der Waals surface area contributed by atoms with Crippen LogP contribution in [0.25, 0.3) is 0 Å². The Labute approximate surface area is 165 Å². The second-order valence-electron chi connectivity index (χ2n) is 8.14. The van der Waals surface area contributed by atoms with Crippen LogP contribution in [0.15, 0.2) is 5.38 Å². The summed E-state index contributed by atoms with van der Waals surface area (Å²) in [6.07, 6.45) is 6.47. The molecule has 0 unspecified atom stereocenters. The van der Waals surface area contributed by atoms with Crippen LogP contribution in [-0.2, 0) is 4.79 Å². The summed E-state index contributed by atoms with van der Waals surface area (Å²) in [5, 5.41) is 2.80. The van der Waals surface area contributed by atoms with Gasteiger partial charge in [-0.1, -0.05) is 0 Å². The van der Waals surface area contributed by atoms with Crippen LogP contribution < -0.4 is 0 Å². The minimum Gasteiger partial charge on any atom is -0.342 e. The predicted molar refractivity (Wildman–Crippen MR) is 106 cm³/mol. The van der Waals surface area contributed by atoms with Crippen LogP contribution in [0.1, 0.15) is 54.0 Å². The Bertz CT molecular complexity index is 677. The molecule has 3 aliphatic heterocycles. The third-order valence-electron chi connectivity index (χ3n) is 6.33. The van der Waals surface area contributed by atoms with Crippen molar-refractivity contribution in [1.29, 1.82) is 0 Å². The van der Waals surface area contributed by atoms with Crippen LogP contribution >= 0.6 is 11.3 Å². The first-order valence-corrected chi connectivity index (χ1v) is 11.2. The Morgan fingerprint density at radius 3 is 2.41 bits per heavy atom. The summed E-state index contributed by atoms with van der Waals surface area (Å²) in [4.78, 5) is 36.2. The molecule has 0 aromatic carbocycles. The molecule has 6 nitrogen and oxygen atoms in total.